The molecule has 0 aliphatic heterocycles. The highest BCUT2D eigenvalue weighted by atomic mass is 35.5. The number of aryl methyl sites for hydroxylation is 1. The molecule has 0 aliphatic rings. The molecule has 2 aromatic rings. The molecule has 5 heteroatoms. The van der Waals surface area contributed by atoms with Gasteiger partial charge in [0.25, 0.3) is 0 Å². The van der Waals surface area contributed by atoms with Gasteiger partial charge in [-0.3, -0.25) is 4.79 Å². The van der Waals surface area contributed by atoms with E-state index in [2.05, 4.69) is 4.98 Å². The first-order chi connectivity index (χ1) is 8.16. The lowest BCUT2D eigenvalue weighted by atomic mass is 10.2. The zero-order chi connectivity index (χ0) is 12.3. The molecule has 2 rings (SSSR count). The van der Waals surface area contributed by atoms with Crippen LogP contribution in [0.15, 0.2) is 36.8 Å². The number of halogens is 1. The van der Waals surface area contributed by atoms with Crippen molar-refractivity contribution in [3.63, 3.8) is 0 Å². The predicted molar refractivity (Wildman–Crippen MR) is 64.5 cm³/mol. The van der Waals surface area contributed by atoms with Crippen LogP contribution in [0.5, 0.6) is 0 Å². The summed E-state index contributed by atoms with van der Waals surface area (Å²) in [6.45, 7) is 0. The Morgan fingerprint density at radius 2 is 2.18 bits per heavy atom. The van der Waals surface area contributed by atoms with Crippen LogP contribution in [-0.2, 0) is 11.2 Å². The van der Waals surface area contributed by atoms with Gasteiger partial charge in [0, 0.05) is 12.6 Å². The summed E-state index contributed by atoms with van der Waals surface area (Å²) >= 11 is 6.05. The second kappa shape index (κ2) is 5.01. The number of nitrogens with zero attached hydrogens (tertiary/aromatic N) is 2. The summed E-state index contributed by atoms with van der Waals surface area (Å²) in [5.74, 6) is -0.822. The Labute approximate surface area is 103 Å². The third-order valence-electron chi connectivity index (χ3n) is 2.36. The number of aliphatic carboxylic acids is 1. The molecule has 4 nitrogen and oxygen atoms in total. The third-order valence-corrected chi connectivity index (χ3v) is 2.68. The van der Waals surface area contributed by atoms with E-state index in [0.29, 0.717) is 11.4 Å². The van der Waals surface area contributed by atoms with Gasteiger partial charge < -0.3 is 9.67 Å². The van der Waals surface area contributed by atoms with Crippen molar-refractivity contribution in [1.29, 1.82) is 0 Å². The van der Waals surface area contributed by atoms with E-state index in [1.165, 1.54) is 0 Å². The summed E-state index contributed by atoms with van der Waals surface area (Å²) in [5, 5.41) is 9.22. The van der Waals surface area contributed by atoms with Gasteiger partial charge >= 0.3 is 5.97 Å². The lowest BCUT2D eigenvalue weighted by molar-refractivity contribution is -0.136. The quantitative estimate of drug-likeness (QED) is 0.907. The van der Waals surface area contributed by atoms with E-state index in [1.807, 2.05) is 18.2 Å². The van der Waals surface area contributed by atoms with Gasteiger partial charge in [-0.05, 0) is 12.1 Å². The summed E-state index contributed by atoms with van der Waals surface area (Å²) in [7, 11) is 0. The highest BCUT2D eigenvalue weighted by molar-refractivity contribution is 6.32. The van der Waals surface area contributed by atoms with Crippen LogP contribution in [-0.4, -0.2) is 20.6 Å². The number of imidazole rings is 1. The number of para-hydroxylation sites is 1. The Morgan fingerprint density at radius 1 is 1.41 bits per heavy atom. The Bertz CT molecular complexity index is 537. The standard InChI is InChI=1S/C12H11ClN2O2/c13-10-3-1-2-4-11(10)15-7-9(14-8-15)5-6-12(16)17/h1-4,7-8H,5-6H2,(H,16,17). The van der Waals surface area contributed by atoms with E-state index < -0.39 is 5.97 Å². The average molecular weight is 251 g/mol. The van der Waals surface area contributed by atoms with Crippen molar-refractivity contribution in [3.8, 4) is 5.69 Å². The molecule has 0 aliphatic carbocycles. The zero-order valence-electron chi connectivity index (χ0n) is 9.01. The van der Waals surface area contributed by atoms with Crippen LogP contribution in [0, 0.1) is 0 Å². The molecule has 17 heavy (non-hydrogen) atoms. The van der Waals surface area contributed by atoms with Gasteiger partial charge in [-0.1, -0.05) is 23.7 Å². The smallest absolute Gasteiger partial charge is 0.303 e. The SMILES string of the molecule is O=C(O)CCc1cn(-c2ccccc2Cl)cn1. The molecular weight excluding hydrogens is 240 g/mol. The fourth-order valence-corrected chi connectivity index (χ4v) is 1.75. The van der Waals surface area contributed by atoms with Crippen molar-refractivity contribution in [2.45, 2.75) is 12.8 Å². The highest BCUT2D eigenvalue weighted by Crippen LogP contribution is 2.19. The lowest BCUT2D eigenvalue weighted by Gasteiger charge is -2.03. The van der Waals surface area contributed by atoms with E-state index in [-0.39, 0.29) is 6.42 Å². The molecule has 0 unspecified atom stereocenters. The van der Waals surface area contributed by atoms with E-state index in [1.54, 1.807) is 23.2 Å². The van der Waals surface area contributed by atoms with E-state index in [0.717, 1.165) is 11.4 Å². The molecule has 0 fully saturated rings. The first-order valence-corrected chi connectivity index (χ1v) is 5.54. The second-order valence-electron chi connectivity index (χ2n) is 3.62. The molecule has 0 bridgehead atoms. The molecular formula is C12H11ClN2O2. The third kappa shape index (κ3) is 2.85. The molecule has 0 saturated carbocycles. The zero-order valence-corrected chi connectivity index (χ0v) is 9.76. The topological polar surface area (TPSA) is 55.1 Å². The number of hydrogen-bond donors (Lipinski definition) is 1. The molecule has 1 N–H and O–H groups in total. The molecule has 0 atom stereocenters. The maximum atomic E-state index is 10.4. The summed E-state index contributed by atoms with van der Waals surface area (Å²) in [4.78, 5) is 14.6. The van der Waals surface area contributed by atoms with Gasteiger partial charge in [-0.2, -0.15) is 0 Å². The second-order valence-corrected chi connectivity index (χ2v) is 4.02. The Balaban J connectivity index is 2.18. The van der Waals surface area contributed by atoms with Crippen LogP contribution >= 0.6 is 11.6 Å². The molecule has 0 radical (unpaired) electrons. The molecule has 0 spiro atoms. The molecule has 1 heterocycles. The summed E-state index contributed by atoms with van der Waals surface area (Å²) in [5.41, 5.74) is 1.58. The van der Waals surface area contributed by atoms with Gasteiger partial charge in [-0.25, -0.2) is 4.98 Å². The van der Waals surface area contributed by atoms with Crippen molar-refractivity contribution in [2.75, 3.05) is 0 Å². The number of carbonyl (C=O) groups is 1. The summed E-state index contributed by atoms with van der Waals surface area (Å²) in [6.07, 6.45) is 3.94. The normalized spacial score (nSPS) is 10.4. The van der Waals surface area contributed by atoms with Gasteiger partial charge in [0.15, 0.2) is 0 Å². The van der Waals surface area contributed by atoms with Crippen LogP contribution in [0.3, 0.4) is 0 Å². The Hall–Kier alpha value is -1.81. The van der Waals surface area contributed by atoms with Crippen LogP contribution in [0.25, 0.3) is 5.69 Å². The Morgan fingerprint density at radius 3 is 2.88 bits per heavy atom. The summed E-state index contributed by atoms with van der Waals surface area (Å²) < 4.78 is 1.79. The number of benzene rings is 1. The largest absolute Gasteiger partial charge is 0.481 e. The number of rotatable bonds is 4. The fourth-order valence-electron chi connectivity index (χ4n) is 1.52. The van der Waals surface area contributed by atoms with Gasteiger partial charge in [0.05, 0.1) is 29.2 Å². The van der Waals surface area contributed by atoms with E-state index in [4.69, 9.17) is 16.7 Å². The van der Waals surface area contributed by atoms with E-state index in [9.17, 15) is 4.79 Å². The minimum absolute atomic E-state index is 0.0829. The van der Waals surface area contributed by atoms with Crippen LogP contribution < -0.4 is 0 Å². The van der Waals surface area contributed by atoms with Crippen molar-refractivity contribution >= 4 is 17.6 Å². The average Bonchev–Trinajstić information content (AvgIpc) is 2.75. The molecule has 1 aromatic carbocycles. The predicted octanol–water partition coefficient (Wildman–Crippen LogP) is 2.54. The Kier molecular flexibility index (Phi) is 3.44. The number of carboxylic acid groups (broad SMARTS) is 1. The van der Waals surface area contributed by atoms with Crippen LogP contribution in [0.4, 0.5) is 0 Å². The van der Waals surface area contributed by atoms with Crippen molar-refractivity contribution in [3.05, 3.63) is 47.5 Å². The lowest BCUT2D eigenvalue weighted by Crippen LogP contribution is -1.97. The van der Waals surface area contributed by atoms with E-state index >= 15 is 0 Å². The minimum Gasteiger partial charge on any atom is -0.481 e. The molecule has 0 amide bonds. The maximum Gasteiger partial charge on any atom is 0.303 e. The highest BCUT2D eigenvalue weighted by Gasteiger charge is 2.05. The van der Waals surface area contributed by atoms with Crippen molar-refractivity contribution in [1.82, 2.24) is 9.55 Å². The van der Waals surface area contributed by atoms with Gasteiger partial charge in [0.1, 0.15) is 0 Å². The van der Waals surface area contributed by atoms with Crippen molar-refractivity contribution in [2.24, 2.45) is 0 Å². The molecule has 1 aromatic heterocycles. The van der Waals surface area contributed by atoms with Gasteiger partial charge in [-0.15, -0.1) is 0 Å². The fraction of sp³-hybridized carbons (Fsp3) is 0.167. The number of aromatic nitrogens is 2. The first kappa shape index (κ1) is 11.7. The molecule has 88 valence electrons. The van der Waals surface area contributed by atoms with Crippen molar-refractivity contribution < 1.29 is 9.90 Å². The monoisotopic (exact) mass is 250 g/mol. The number of carboxylic acids is 1. The van der Waals surface area contributed by atoms with Crippen LogP contribution in [0.1, 0.15) is 12.1 Å². The summed E-state index contributed by atoms with van der Waals surface area (Å²) in [6, 6.07) is 7.42. The molecule has 0 saturated heterocycles. The first-order valence-electron chi connectivity index (χ1n) is 5.16. The number of hydrogen-bond acceptors (Lipinski definition) is 2. The maximum absolute atomic E-state index is 10.4. The minimum atomic E-state index is -0.822. The van der Waals surface area contributed by atoms with Gasteiger partial charge in [0.2, 0.25) is 0 Å². The van der Waals surface area contributed by atoms with Crippen LogP contribution in [0.2, 0.25) is 5.02 Å².